The number of carbonyl (C=O) groups excluding carboxylic acids is 1. The van der Waals surface area contributed by atoms with Crippen molar-refractivity contribution in [2.24, 2.45) is 0 Å². The lowest BCUT2D eigenvalue weighted by molar-refractivity contribution is -0.112. The molecule has 0 heterocycles. The second-order valence-corrected chi connectivity index (χ2v) is 9.04. The molecule has 0 bridgehead atoms. The maximum absolute atomic E-state index is 12.7. The van der Waals surface area contributed by atoms with Crippen LogP contribution in [0.25, 0.3) is 6.08 Å². The summed E-state index contributed by atoms with van der Waals surface area (Å²) in [5.41, 5.74) is 3.05. The van der Waals surface area contributed by atoms with Gasteiger partial charge in [0.1, 0.15) is 30.6 Å². The highest BCUT2D eigenvalue weighted by molar-refractivity contribution is 6.09. The molecule has 0 fully saturated rings. The number of amides is 1. The zero-order valence-electron chi connectivity index (χ0n) is 23.8. The molecule has 0 radical (unpaired) electrons. The van der Waals surface area contributed by atoms with Gasteiger partial charge in [-0.2, -0.15) is 5.26 Å². The fraction of sp³-hybridized carbons (Fsp3) is 0.176. The first kappa shape index (κ1) is 29.6. The van der Waals surface area contributed by atoms with Crippen molar-refractivity contribution >= 4 is 17.7 Å². The molecule has 42 heavy (non-hydrogen) atoms. The number of nitrogens with zero attached hydrogens (tertiary/aromatic N) is 1. The summed E-state index contributed by atoms with van der Waals surface area (Å²) in [5.74, 6) is 2.39. The van der Waals surface area contributed by atoms with E-state index in [1.807, 2.05) is 61.5 Å². The number of nitriles is 1. The average Bonchev–Trinajstić information content (AvgIpc) is 3.03. The molecule has 1 N–H and O–H groups in total. The van der Waals surface area contributed by atoms with Crippen LogP contribution in [0.5, 0.6) is 28.7 Å². The predicted molar refractivity (Wildman–Crippen MR) is 161 cm³/mol. The summed E-state index contributed by atoms with van der Waals surface area (Å²) in [6.45, 7) is 3.14. The summed E-state index contributed by atoms with van der Waals surface area (Å²) in [6, 6.07) is 29.6. The highest BCUT2D eigenvalue weighted by Crippen LogP contribution is 2.32. The van der Waals surface area contributed by atoms with Crippen molar-refractivity contribution in [1.82, 2.24) is 0 Å². The third-order valence-corrected chi connectivity index (χ3v) is 6.15. The maximum atomic E-state index is 12.7. The Labute approximate surface area is 245 Å². The Morgan fingerprint density at radius 2 is 1.40 bits per heavy atom. The van der Waals surface area contributed by atoms with Crippen LogP contribution in [0.15, 0.2) is 96.6 Å². The highest BCUT2D eigenvalue weighted by Gasteiger charge is 2.13. The first-order valence-corrected chi connectivity index (χ1v) is 13.3. The van der Waals surface area contributed by atoms with Gasteiger partial charge in [-0.15, -0.1) is 0 Å². The standard InChI is InChI=1S/C34H32N2O6/c1-4-40-29-14-12-28(13-15-29)36-34(37)27(21-35)18-25-10-16-30(32(19-25)38-2)42-23-26-11-17-31(33(20-26)39-3)41-22-24-8-6-5-7-9-24/h5-20H,4,22-23H2,1-3H3,(H,36,37)/b27-18+. The second kappa shape index (κ2) is 14.8. The lowest BCUT2D eigenvalue weighted by Gasteiger charge is -2.14. The smallest absolute Gasteiger partial charge is 0.266 e. The fourth-order valence-electron chi connectivity index (χ4n) is 4.03. The normalized spacial score (nSPS) is 10.8. The third-order valence-electron chi connectivity index (χ3n) is 6.15. The minimum Gasteiger partial charge on any atom is -0.494 e. The zero-order valence-corrected chi connectivity index (χ0v) is 23.8. The summed E-state index contributed by atoms with van der Waals surface area (Å²) in [5, 5.41) is 12.4. The molecule has 8 heteroatoms. The van der Waals surface area contributed by atoms with E-state index in [1.165, 1.54) is 13.2 Å². The van der Waals surface area contributed by atoms with Gasteiger partial charge in [0.15, 0.2) is 23.0 Å². The first-order chi connectivity index (χ1) is 20.5. The van der Waals surface area contributed by atoms with E-state index in [9.17, 15) is 10.1 Å². The molecule has 0 saturated heterocycles. The molecule has 0 aromatic heterocycles. The molecular weight excluding hydrogens is 532 g/mol. The van der Waals surface area contributed by atoms with Gasteiger partial charge in [-0.1, -0.05) is 42.5 Å². The van der Waals surface area contributed by atoms with Crippen molar-refractivity contribution in [2.75, 3.05) is 26.1 Å². The Morgan fingerprint density at radius 3 is 2.05 bits per heavy atom. The minimum absolute atomic E-state index is 0.0544. The molecule has 4 rings (SSSR count). The Balaban J connectivity index is 1.40. The summed E-state index contributed by atoms with van der Waals surface area (Å²) in [7, 11) is 3.12. The number of hydrogen-bond donors (Lipinski definition) is 1. The molecule has 8 nitrogen and oxygen atoms in total. The van der Waals surface area contributed by atoms with Crippen LogP contribution in [0, 0.1) is 11.3 Å². The van der Waals surface area contributed by atoms with Gasteiger partial charge in [-0.05, 0) is 78.2 Å². The molecule has 0 aliphatic rings. The van der Waals surface area contributed by atoms with Crippen molar-refractivity contribution in [2.45, 2.75) is 20.1 Å². The van der Waals surface area contributed by atoms with Crippen molar-refractivity contribution < 1.29 is 28.5 Å². The van der Waals surface area contributed by atoms with E-state index in [-0.39, 0.29) is 12.2 Å². The van der Waals surface area contributed by atoms with Gasteiger partial charge in [0, 0.05) is 5.69 Å². The lowest BCUT2D eigenvalue weighted by Crippen LogP contribution is -2.13. The van der Waals surface area contributed by atoms with Crippen LogP contribution in [0.4, 0.5) is 5.69 Å². The summed E-state index contributed by atoms with van der Waals surface area (Å²) in [4.78, 5) is 12.7. The lowest BCUT2D eigenvalue weighted by atomic mass is 10.1. The Bertz CT molecular complexity index is 1560. The van der Waals surface area contributed by atoms with Crippen LogP contribution >= 0.6 is 0 Å². The summed E-state index contributed by atoms with van der Waals surface area (Å²) < 4.78 is 28.4. The van der Waals surface area contributed by atoms with Gasteiger partial charge in [0.25, 0.3) is 5.91 Å². The molecule has 0 aliphatic carbocycles. The molecule has 214 valence electrons. The van der Waals surface area contributed by atoms with Crippen LogP contribution in [0.3, 0.4) is 0 Å². The monoisotopic (exact) mass is 564 g/mol. The number of methoxy groups -OCH3 is 2. The second-order valence-electron chi connectivity index (χ2n) is 9.04. The summed E-state index contributed by atoms with van der Waals surface area (Å²) >= 11 is 0. The number of carbonyl (C=O) groups is 1. The molecule has 0 saturated carbocycles. The fourth-order valence-corrected chi connectivity index (χ4v) is 4.03. The Hall–Kier alpha value is -5.42. The van der Waals surface area contributed by atoms with Crippen LogP contribution < -0.4 is 29.0 Å². The van der Waals surface area contributed by atoms with E-state index in [0.29, 0.717) is 53.2 Å². The maximum Gasteiger partial charge on any atom is 0.266 e. The largest absolute Gasteiger partial charge is 0.494 e. The Morgan fingerprint density at radius 1 is 0.762 bits per heavy atom. The topological polar surface area (TPSA) is 99.0 Å². The molecule has 0 atom stereocenters. The van der Waals surface area contributed by atoms with E-state index in [0.717, 1.165) is 11.1 Å². The number of hydrogen-bond acceptors (Lipinski definition) is 7. The van der Waals surface area contributed by atoms with E-state index in [2.05, 4.69) is 5.32 Å². The number of ether oxygens (including phenoxy) is 5. The van der Waals surface area contributed by atoms with Crippen LogP contribution in [-0.4, -0.2) is 26.7 Å². The van der Waals surface area contributed by atoms with Gasteiger partial charge in [0.05, 0.1) is 20.8 Å². The average molecular weight is 565 g/mol. The van der Waals surface area contributed by atoms with Crippen LogP contribution in [-0.2, 0) is 18.0 Å². The predicted octanol–water partition coefficient (Wildman–Crippen LogP) is 6.81. The van der Waals surface area contributed by atoms with Crippen LogP contribution in [0.1, 0.15) is 23.6 Å². The van der Waals surface area contributed by atoms with E-state index >= 15 is 0 Å². The van der Waals surface area contributed by atoms with Crippen molar-refractivity contribution in [1.29, 1.82) is 5.26 Å². The van der Waals surface area contributed by atoms with Crippen molar-refractivity contribution in [3.05, 3.63) is 113 Å². The van der Waals surface area contributed by atoms with Crippen LogP contribution in [0.2, 0.25) is 0 Å². The number of benzene rings is 4. The molecule has 0 spiro atoms. The number of anilines is 1. The molecule has 4 aromatic rings. The highest BCUT2D eigenvalue weighted by atomic mass is 16.5. The van der Waals surface area contributed by atoms with Gasteiger partial charge in [-0.3, -0.25) is 4.79 Å². The molecule has 0 unspecified atom stereocenters. The Kier molecular flexibility index (Phi) is 10.4. The van der Waals surface area contributed by atoms with E-state index < -0.39 is 5.91 Å². The van der Waals surface area contributed by atoms with Gasteiger partial charge >= 0.3 is 0 Å². The van der Waals surface area contributed by atoms with E-state index in [4.69, 9.17) is 23.7 Å². The summed E-state index contributed by atoms with van der Waals surface area (Å²) in [6.07, 6.45) is 1.50. The van der Waals surface area contributed by atoms with Gasteiger partial charge in [-0.25, -0.2) is 0 Å². The van der Waals surface area contributed by atoms with E-state index in [1.54, 1.807) is 49.6 Å². The quantitative estimate of drug-likeness (QED) is 0.141. The molecule has 4 aromatic carbocycles. The zero-order chi connectivity index (χ0) is 29.7. The van der Waals surface area contributed by atoms with Crippen molar-refractivity contribution in [3.8, 4) is 34.8 Å². The van der Waals surface area contributed by atoms with Gasteiger partial charge < -0.3 is 29.0 Å². The first-order valence-electron chi connectivity index (χ1n) is 13.3. The number of rotatable bonds is 13. The van der Waals surface area contributed by atoms with Crippen molar-refractivity contribution in [3.63, 3.8) is 0 Å². The number of nitrogens with one attached hydrogen (secondary N) is 1. The van der Waals surface area contributed by atoms with Gasteiger partial charge in [0.2, 0.25) is 0 Å². The minimum atomic E-state index is -0.522. The molecule has 1 amide bonds. The molecular formula is C34H32N2O6. The SMILES string of the molecule is CCOc1ccc(NC(=O)/C(C#N)=C/c2ccc(OCc3ccc(OCc4ccccc4)c(OC)c3)c(OC)c2)cc1. The molecule has 0 aliphatic heterocycles. The third kappa shape index (κ3) is 8.05.